The molecule has 0 saturated carbocycles. The van der Waals surface area contributed by atoms with Gasteiger partial charge in [-0.05, 0) is 18.6 Å². The number of rotatable bonds is 5. The molecule has 88 valence electrons. The van der Waals surface area contributed by atoms with Gasteiger partial charge < -0.3 is 10.3 Å². The van der Waals surface area contributed by atoms with Crippen LogP contribution in [0, 0.1) is 6.92 Å². The zero-order chi connectivity index (χ0) is 12.1. The minimum atomic E-state index is 0.695. The van der Waals surface area contributed by atoms with E-state index in [1.54, 1.807) is 18.0 Å². The van der Waals surface area contributed by atoms with Gasteiger partial charge in [-0.1, -0.05) is 30.0 Å². The molecule has 0 unspecified atom stereocenters. The van der Waals surface area contributed by atoms with Crippen LogP contribution in [0.4, 0.5) is 5.69 Å². The Morgan fingerprint density at radius 2 is 2.29 bits per heavy atom. The summed E-state index contributed by atoms with van der Waals surface area (Å²) in [6.07, 6.45) is 2.50. The van der Waals surface area contributed by atoms with E-state index in [1.807, 2.05) is 31.2 Å². The largest absolute Gasteiger partial charge is 0.337 e. The maximum absolute atomic E-state index is 10.5. The minimum absolute atomic E-state index is 0.695. The summed E-state index contributed by atoms with van der Waals surface area (Å²) in [6, 6.07) is 7.74. The van der Waals surface area contributed by atoms with Gasteiger partial charge in [-0.25, -0.2) is 4.98 Å². The SMILES string of the molecule is Cc1cnc(SCc2ccccc2NC=O)[nH]1. The molecule has 1 amide bonds. The molecule has 2 rings (SSSR count). The molecule has 0 fully saturated rings. The van der Waals surface area contributed by atoms with E-state index < -0.39 is 0 Å². The van der Waals surface area contributed by atoms with Crippen LogP contribution < -0.4 is 5.32 Å². The first-order valence-electron chi connectivity index (χ1n) is 5.22. The molecular weight excluding hydrogens is 234 g/mol. The molecule has 2 aromatic rings. The first-order chi connectivity index (χ1) is 8.29. The second-order valence-corrected chi connectivity index (χ2v) is 4.54. The van der Waals surface area contributed by atoms with Crippen LogP contribution in [0.1, 0.15) is 11.3 Å². The number of anilines is 1. The van der Waals surface area contributed by atoms with Crippen molar-refractivity contribution in [3.05, 3.63) is 41.7 Å². The van der Waals surface area contributed by atoms with Crippen molar-refractivity contribution >= 4 is 23.9 Å². The molecule has 17 heavy (non-hydrogen) atoms. The average Bonchev–Trinajstić information content (AvgIpc) is 2.74. The number of aryl methyl sites for hydroxylation is 1. The van der Waals surface area contributed by atoms with Gasteiger partial charge >= 0.3 is 0 Å². The van der Waals surface area contributed by atoms with E-state index in [9.17, 15) is 4.79 Å². The van der Waals surface area contributed by atoms with Crippen molar-refractivity contribution in [3.63, 3.8) is 0 Å². The number of amides is 1. The molecular formula is C12H13N3OS. The number of carbonyl (C=O) groups is 1. The summed E-state index contributed by atoms with van der Waals surface area (Å²) in [5.74, 6) is 0.768. The summed E-state index contributed by atoms with van der Waals surface area (Å²) in [5, 5.41) is 3.59. The molecule has 5 heteroatoms. The van der Waals surface area contributed by atoms with Crippen molar-refractivity contribution in [3.8, 4) is 0 Å². The Labute approximate surface area is 104 Å². The first-order valence-corrected chi connectivity index (χ1v) is 6.20. The van der Waals surface area contributed by atoms with E-state index in [1.165, 1.54) is 0 Å². The van der Waals surface area contributed by atoms with Crippen molar-refractivity contribution < 1.29 is 4.79 Å². The van der Waals surface area contributed by atoms with Crippen LogP contribution in [-0.4, -0.2) is 16.4 Å². The highest BCUT2D eigenvalue weighted by molar-refractivity contribution is 7.98. The molecule has 0 radical (unpaired) electrons. The van der Waals surface area contributed by atoms with Crippen LogP contribution in [0.15, 0.2) is 35.6 Å². The Balaban J connectivity index is 2.05. The molecule has 1 aromatic carbocycles. The van der Waals surface area contributed by atoms with Gasteiger partial charge in [-0.15, -0.1) is 0 Å². The molecule has 2 N–H and O–H groups in total. The van der Waals surface area contributed by atoms with Crippen LogP contribution in [0.25, 0.3) is 0 Å². The summed E-state index contributed by atoms with van der Waals surface area (Å²) in [4.78, 5) is 17.9. The third-order valence-corrected chi connectivity index (χ3v) is 3.21. The summed E-state index contributed by atoms with van der Waals surface area (Å²) in [5.41, 5.74) is 2.98. The molecule has 0 aliphatic rings. The highest BCUT2D eigenvalue weighted by atomic mass is 32.2. The number of carbonyl (C=O) groups excluding carboxylic acids is 1. The summed E-state index contributed by atoms with van der Waals surface area (Å²) >= 11 is 1.61. The van der Waals surface area contributed by atoms with Crippen LogP contribution >= 0.6 is 11.8 Å². The van der Waals surface area contributed by atoms with Crippen molar-refractivity contribution in [2.75, 3.05) is 5.32 Å². The van der Waals surface area contributed by atoms with Gasteiger partial charge in [0.25, 0.3) is 0 Å². The van der Waals surface area contributed by atoms with Crippen molar-refractivity contribution in [1.29, 1.82) is 0 Å². The lowest BCUT2D eigenvalue weighted by Gasteiger charge is -2.06. The molecule has 1 aromatic heterocycles. The predicted octanol–water partition coefficient (Wildman–Crippen LogP) is 2.58. The highest BCUT2D eigenvalue weighted by Crippen LogP contribution is 2.24. The monoisotopic (exact) mass is 247 g/mol. The normalized spacial score (nSPS) is 10.2. The quantitative estimate of drug-likeness (QED) is 0.630. The second kappa shape index (κ2) is 5.54. The van der Waals surface area contributed by atoms with E-state index >= 15 is 0 Å². The molecule has 0 saturated heterocycles. The number of H-pyrrole nitrogens is 1. The topological polar surface area (TPSA) is 57.8 Å². The summed E-state index contributed by atoms with van der Waals surface area (Å²) in [6.45, 7) is 1.97. The highest BCUT2D eigenvalue weighted by Gasteiger charge is 2.03. The molecule has 0 spiro atoms. The molecule has 0 aliphatic heterocycles. The van der Waals surface area contributed by atoms with Gasteiger partial charge in [0.2, 0.25) is 6.41 Å². The van der Waals surface area contributed by atoms with Gasteiger partial charge in [0.05, 0.1) is 0 Å². The summed E-state index contributed by atoms with van der Waals surface area (Å²) in [7, 11) is 0. The molecule has 0 aliphatic carbocycles. The lowest BCUT2D eigenvalue weighted by atomic mass is 10.2. The number of thioether (sulfide) groups is 1. The fraction of sp³-hybridized carbons (Fsp3) is 0.167. The van der Waals surface area contributed by atoms with Crippen LogP contribution in [0.2, 0.25) is 0 Å². The van der Waals surface area contributed by atoms with Crippen LogP contribution in [0.3, 0.4) is 0 Å². The van der Waals surface area contributed by atoms with Gasteiger partial charge in [0, 0.05) is 23.3 Å². The fourth-order valence-electron chi connectivity index (χ4n) is 1.46. The van der Waals surface area contributed by atoms with Gasteiger partial charge in [0.1, 0.15) is 0 Å². The van der Waals surface area contributed by atoms with Gasteiger partial charge in [0.15, 0.2) is 5.16 Å². The summed E-state index contributed by atoms with van der Waals surface area (Å²) < 4.78 is 0. The van der Waals surface area contributed by atoms with Gasteiger partial charge in [-0.3, -0.25) is 4.79 Å². The number of nitrogens with zero attached hydrogens (tertiary/aromatic N) is 1. The molecule has 1 heterocycles. The zero-order valence-electron chi connectivity index (χ0n) is 9.43. The van der Waals surface area contributed by atoms with E-state index in [4.69, 9.17) is 0 Å². The minimum Gasteiger partial charge on any atom is -0.337 e. The second-order valence-electron chi connectivity index (χ2n) is 3.58. The van der Waals surface area contributed by atoms with Crippen molar-refractivity contribution in [2.24, 2.45) is 0 Å². The third-order valence-electron chi connectivity index (χ3n) is 2.28. The number of aromatic nitrogens is 2. The third kappa shape index (κ3) is 3.10. The van der Waals surface area contributed by atoms with Gasteiger partial charge in [-0.2, -0.15) is 0 Å². The number of para-hydroxylation sites is 1. The molecule has 0 bridgehead atoms. The fourth-order valence-corrected chi connectivity index (χ4v) is 2.36. The lowest BCUT2D eigenvalue weighted by molar-refractivity contribution is -0.105. The zero-order valence-corrected chi connectivity index (χ0v) is 10.3. The predicted molar refractivity (Wildman–Crippen MR) is 69.0 cm³/mol. The van der Waals surface area contributed by atoms with Crippen LogP contribution in [-0.2, 0) is 10.5 Å². The Morgan fingerprint density at radius 3 is 3.00 bits per heavy atom. The Morgan fingerprint density at radius 1 is 1.47 bits per heavy atom. The Kier molecular flexibility index (Phi) is 3.82. The lowest BCUT2D eigenvalue weighted by Crippen LogP contribution is -1.97. The Bertz CT molecular complexity index is 510. The molecule has 0 atom stereocenters. The number of nitrogens with one attached hydrogen (secondary N) is 2. The maximum atomic E-state index is 10.5. The standard InChI is InChI=1S/C12H13N3OS/c1-9-6-13-12(15-9)17-7-10-4-2-3-5-11(10)14-8-16/h2-6,8H,7H2,1H3,(H,13,15)(H,14,16). The van der Waals surface area contributed by atoms with E-state index in [2.05, 4.69) is 15.3 Å². The number of aromatic amines is 1. The maximum Gasteiger partial charge on any atom is 0.211 e. The van der Waals surface area contributed by atoms with E-state index in [0.29, 0.717) is 6.41 Å². The van der Waals surface area contributed by atoms with E-state index in [-0.39, 0.29) is 0 Å². The van der Waals surface area contributed by atoms with Crippen LogP contribution in [0.5, 0.6) is 0 Å². The number of benzene rings is 1. The smallest absolute Gasteiger partial charge is 0.211 e. The number of hydrogen-bond acceptors (Lipinski definition) is 3. The average molecular weight is 247 g/mol. The number of hydrogen-bond donors (Lipinski definition) is 2. The Hall–Kier alpha value is -1.75. The van der Waals surface area contributed by atoms with E-state index in [0.717, 1.165) is 27.9 Å². The van der Waals surface area contributed by atoms with Crippen molar-refractivity contribution in [2.45, 2.75) is 17.8 Å². The number of imidazole rings is 1. The first kappa shape index (κ1) is 11.7. The molecule has 4 nitrogen and oxygen atoms in total. The van der Waals surface area contributed by atoms with Crippen molar-refractivity contribution in [1.82, 2.24) is 9.97 Å².